The van der Waals surface area contributed by atoms with Crippen molar-refractivity contribution in [1.29, 1.82) is 0 Å². The fourth-order valence-electron chi connectivity index (χ4n) is 2.66. The van der Waals surface area contributed by atoms with Gasteiger partial charge in [0.25, 0.3) is 0 Å². The van der Waals surface area contributed by atoms with Crippen molar-refractivity contribution < 1.29 is 4.74 Å². The molecule has 0 atom stereocenters. The molecule has 0 fully saturated rings. The number of hydrogen-bond acceptors (Lipinski definition) is 6. The molecule has 0 spiro atoms. The Kier molecular flexibility index (Phi) is 8.28. The lowest BCUT2D eigenvalue weighted by Gasteiger charge is -2.11. The van der Waals surface area contributed by atoms with E-state index in [-0.39, 0.29) is 17.0 Å². The number of ether oxygens (including phenoxy) is 1. The second kappa shape index (κ2) is 10.5. The minimum atomic E-state index is 0. The highest BCUT2D eigenvalue weighted by atomic mass is 79.9. The van der Waals surface area contributed by atoms with Crippen LogP contribution in [0, 0.1) is 13.8 Å². The Morgan fingerprint density at radius 2 is 1.93 bits per heavy atom. The second-order valence-corrected chi connectivity index (χ2v) is 7.57. The van der Waals surface area contributed by atoms with Crippen LogP contribution in [0.5, 0.6) is 5.88 Å². The van der Waals surface area contributed by atoms with E-state index < -0.39 is 0 Å². The van der Waals surface area contributed by atoms with Crippen LogP contribution in [0.25, 0.3) is 11.4 Å². The van der Waals surface area contributed by atoms with E-state index in [0.717, 1.165) is 35.0 Å². The van der Waals surface area contributed by atoms with E-state index in [1.165, 1.54) is 16.7 Å². The van der Waals surface area contributed by atoms with Crippen LogP contribution >= 0.6 is 28.3 Å². The number of methoxy groups -OCH3 is 1. The molecule has 0 N–H and O–H groups in total. The maximum absolute atomic E-state index is 5.06. The van der Waals surface area contributed by atoms with Crippen molar-refractivity contribution in [2.24, 2.45) is 4.99 Å². The van der Waals surface area contributed by atoms with E-state index >= 15 is 0 Å². The molecule has 0 aliphatic heterocycles. The van der Waals surface area contributed by atoms with Crippen LogP contribution in [0.1, 0.15) is 28.6 Å². The summed E-state index contributed by atoms with van der Waals surface area (Å²) in [5.74, 6) is 0.498. The molecule has 154 valence electrons. The van der Waals surface area contributed by atoms with Gasteiger partial charge >= 0.3 is 0 Å². The largest absolute Gasteiger partial charge is 0.480 e. The van der Waals surface area contributed by atoms with E-state index in [1.54, 1.807) is 30.8 Å². The Morgan fingerprint density at radius 1 is 1.14 bits per heavy atom. The van der Waals surface area contributed by atoms with Crippen LogP contribution in [0.3, 0.4) is 0 Å². The number of hydrogen-bond donors (Lipinski definition) is 0. The van der Waals surface area contributed by atoms with Crippen molar-refractivity contribution in [3.63, 3.8) is 0 Å². The van der Waals surface area contributed by atoms with Crippen LogP contribution in [0.4, 0.5) is 5.69 Å². The molecule has 0 aliphatic carbocycles. The number of nitrogens with zero attached hydrogens (tertiary/aromatic N) is 5. The maximum atomic E-state index is 5.06. The van der Waals surface area contributed by atoms with Gasteiger partial charge in [-0.25, -0.2) is 19.9 Å². The molecule has 2 aromatic heterocycles. The standard InChI is InChI=1S/C21H25N5OS.BrH/c1-6-26(4)13-24-17-8-14(2)16(7-15(17)3)9-21-25-19(12-28-21)18-10-23-20(27-5)11-22-18;/h7-8,10-13H,6,9H2,1-5H3;1H/b24-13+;. The number of rotatable bonds is 7. The van der Waals surface area contributed by atoms with Crippen LogP contribution in [-0.4, -0.2) is 46.9 Å². The van der Waals surface area contributed by atoms with Crippen LogP contribution < -0.4 is 4.74 Å². The molecule has 2 heterocycles. The smallest absolute Gasteiger partial charge is 0.232 e. The van der Waals surface area contributed by atoms with Crippen LogP contribution in [0.15, 0.2) is 34.9 Å². The molecule has 1 aromatic carbocycles. The quantitative estimate of drug-likeness (QED) is 0.355. The van der Waals surface area contributed by atoms with Gasteiger partial charge in [-0.2, -0.15) is 0 Å². The number of benzene rings is 1. The molecule has 3 rings (SSSR count). The average Bonchev–Trinajstić information content (AvgIpc) is 3.17. The molecule has 0 bridgehead atoms. The van der Waals surface area contributed by atoms with E-state index in [4.69, 9.17) is 9.72 Å². The van der Waals surface area contributed by atoms with Crippen LogP contribution in [-0.2, 0) is 6.42 Å². The monoisotopic (exact) mass is 475 g/mol. The van der Waals surface area contributed by atoms with Gasteiger partial charge < -0.3 is 9.64 Å². The van der Waals surface area contributed by atoms with Gasteiger partial charge in [0.05, 0.1) is 36.5 Å². The normalized spacial score (nSPS) is 10.8. The Hall–Kier alpha value is -2.32. The summed E-state index contributed by atoms with van der Waals surface area (Å²) < 4.78 is 5.06. The number of aromatic nitrogens is 3. The molecule has 0 saturated heterocycles. The van der Waals surface area contributed by atoms with Gasteiger partial charge in [0, 0.05) is 25.4 Å². The summed E-state index contributed by atoms with van der Waals surface area (Å²) >= 11 is 1.64. The van der Waals surface area contributed by atoms with Gasteiger partial charge in [-0.3, -0.25) is 0 Å². The van der Waals surface area contributed by atoms with Gasteiger partial charge in [0.15, 0.2) is 0 Å². The summed E-state index contributed by atoms with van der Waals surface area (Å²) in [7, 11) is 3.60. The molecular formula is C21H26BrN5OS. The predicted molar refractivity (Wildman–Crippen MR) is 125 cm³/mol. The molecule has 0 amide bonds. The molecule has 0 unspecified atom stereocenters. The molecular weight excluding hydrogens is 450 g/mol. The first kappa shape index (κ1) is 23.0. The van der Waals surface area contributed by atoms with Crippen molar-refractivity contribution >= 4 is 40.3 Å². The fraction of sp³-hybridized carbons (Fsp3) is 0.333. The first-order valence-electron chi connectivity index (χ1n) is 9.15. The lowest BCUT2D eigenvalue weighted by atomic mass is 10.0. The van der Waals surface area contributed by atoms with Gasteiger partial charge in [-0.1, -0.05) is 6.07 Å². The average molecular weight is 476 g/mol. The lowest BCUT2D eigenvalue weighted by Crippen LogP contribution is -2.14. The molecule has 3 aromatic rings. The van der Waals surface area contributed by atoms with Gasteiger partial charge in [0.1, 0.15) is 11.4 Å². The number of aryl methyl sites for hydroxylation is 2. The summed E-state index contributed by atoms with van der Waals surface area (Å²) in [4.78, 5) is 20.0. The van der Waals surface area contributed by atoms with Crippen LogP contribution in [0.2, 0.25) is 0 Å². The number of halogens is 1. The molecule has 0 saturated carbocycles. The topological polar surface area (TPSA) is 63.5 Å². The van der Waals surface area contributed by atoms with Crippen molar-refractivity contribution in [2.75, 3.05) is 20.7 Å². The van der Waals surface area contributed by atoms with Crippen molar-refractivity contribution in [3.05, 3.63) is 51.6 Å². The Balaban J connectivity index is 0.00000300. The van der Waals surface area contributed by atoms with Crippen molar-refractivity contribution in [2.45, 2.75) is 27.2 Å². The molecule has 6 nitrogen and oxygen atoms in total. The maximum Gasteiger partial charge on any atom is 0.232 e. The third-order valence-corrected chi connectivity index (χ3v) is 5.39. The van der Waals surface area contributed by atoms with E-state index in [1.807, 2.05) is 18.8 Å². The Bertz CT molecular complexity index is 972. The van der Waals surface area contributed by atoms with Gasteiger partial charge in [-0.15, -0.1) is 28.3 Å². The zero-order valence-corrected chi connectivity index (χ0v) is 19.9. The summed E-state index contributed by atoms with van der Waals surface area (Å²) in [5.41, 5.74) is 6.25. The summed E-state index contributed by atoms with van der Waals surface area (Å²) in [6.45, 7) is 7.26. The third kappa shape index (κ3) is 5.83. The van der Waals surface area contributed by atoms with E-state index in [2.05, 4.69) is 52.8 Å². The Labute approximate surface area is 186 Å². The third-order valence-electron chi connectivity index (χ3n) is 4.54. The first-order valence-corrected chi connectivity index (χ1v) is 10.0. The highest BCUT2D eigenvalue weighted by Gasteiger charge is 2.10. The highest BCUT2D eigenvalue weighted by Crippen LogP contribution is 2.27. The molecule has 29 heavy (non-hydrogen) atoms. The second-order valence-electron chi connectivity index (χ2n) is 6.63. The van der Waals surface area contributed by atoms with Gasteiger partial charge in [-0.05, 0) is 43.5 Å². The molecule has 0 aliphatic rings. The number of aliphatic imine (C=N–C) groups is 1. The summed E-state index contributed by atoms with van der Waals surface area (Å²) in [6, 6.07) is 4.36. The van der Waals surface area contributed by atoms with Crippen molar-refractivity contribution in [3.8, 4) is 17.3 Å². The number of thiazole rings is 1. The summed E-state index contributed by atoms with van der Waals surface area (Å²) in [5, 5.41) is 3.07. The van der Waals surface area contributed by atoms with E-state index in [9.17, 15) is 0 Å². The molecule has 8 heteroatoms. The zero-order valence-electron chi connectivity index (χ0n) is 17.3. The zero-order chi connectivity index (χ0) is 20.1. The highest BCUT2D eigenvalue weighted by molar-refractivity contribution is 8.93. The van der Waals surface area contributed by atoms with Gasteiger partial charge in [0.2, 0.25) is 5.88 Å². The first-order chi connectivity index (χ1) is 13.5. The van der Waals surface area contributed by atoms with Crippen molar-refractivity contribution in [1.82, 2.24) is 19.9 Å². The predicted octanol–water partition coefficient (Wildman–Crippen LogP) is 5.01. The minimum absolute atomic E-state index is 0. The summed E-state index contributed by atoms with van der Waals surface area (Å²) in [6.07, 6.45) is 5.97. The van der Waals surface area contributed by atoms with E-state index in [0.29, 0.717) is 5.88 Å². The SMILES string of the molecule is Br.CCN(C)/C=N/c1cc(C)c(Cc2nc(-c3cnc(OC)cn3)cs2)cc1C. The minimum Gasteiger partial charge on any atom is -0.480 e. The lowest BCUT2D eigenvalue weighted by molar-refractivity contribution is 0.396. The Morgan fingerprint density at radius 3 is 2.59 bits per heavy atom. The molecule has 0 radical (unpaired) electrons. The fourth-order valence-corrected chi connectivity index (χ4v) is 3.47.